The van der Waals surface area contributed by atoms with Gasteiger partial charge in [-0.05, 0) is 30.3 Å². The topological polar surface area (TPSA) is 60.5 Å². The summed E-state index contributed by atoms with van der Waals surface area (Å²) >= 11 is 0. The van der Waals surface area contributed by atoms with E-state index in [-0.39, 0.29) is 0 Å². The zero-order valence-electron chi connectivity index (χ0n) is 18.5. The second-order valence-electron chi connectivity index (χ2n) is 8.46. The smallest absolute Gasteiger partial charge is 0.159 e. The Balaban J connectivity index is 1.20. The highest BCUT2D eigenvalue weighted by atomic mass is 19.2. The van der Waals surface area contributed by atoms with Gasteiger partial charge in [0.2, 0.25) is 0 Å². The third-order valence-corrected chi connectivity index (χ3v) is 6.36. The van der Waals surface area contributed by atoms with Crippen molar-refractivity contribution in [2.75, 3.05) is 70.5 Å². The number of pyridine rings is 1. The minimum absolute atomic E-state index is 0.551. The van der Waals surface area contributed by atoms with Crippen LogP contribution in [0.4, 0.5) is 14.6 Å². The van der Waals surface area contributed by atoms with Gasteiger partial charge in [0.25, 0.3) is 0 Å². The van der Waals surface area contributed by atoms with Crippen molar-refractivity contribution >= 4 is 5.82 Å². The Labute approximate surface area is 192 Å². The first-order chi connectivity index (χ1) is 16.2. The molecule has 0 spiro atoms. The summed E-state index contributed by atoms with van der Waals surface area (Å²) in [4.78, 5) is 19.5. The van der Waals surface area contributed by atoms with Crippen LogP contribution in [0.15, 0.2) is 42.7 Å². The minimum atomic E-state index is -0.876. The monoisotopic (exact) mass is 454 g/mol. The molecule has 1 N–H and O–H groups in total. The quantitative estimate of drug-likeness (QED) is 0.618. The molecule has 2 aliphatic rings. The molecule has 0 bridgehead atoms. The normalized spacial score (nSPS) is 18.1. The summed E-state index contributed by atoms with van der Waals surface area (Å²) in [5.41, 5.74) is 2.09. The van der Waals surface area contributed by atoms with Crippen LogP contribution in [0.25, 0.3) is 22.6 Å². The Kier molecular flexibility index (Phi) is 6.61. The molecule has 0 saturated carbocycles. The molecule has 9 heteroatoms. The van der Waals surface area contributed by atoms with Gasteiger partial charge in [-0.1, -0.05) is 0 Å². The van der Waals surface area contributed by atoms with Crippen LogP contribution >= 0.6 is 0 Å². The first-order valence-electron chi connectivity index (χ1n) is 11.4. The van der Waals surface area contributed by atoms with Gasteiger partial charge in [-0.3, -0.25) is 9.80 Å². The average Bonchev–Trinajstić information content (AvgIpc) is 3.36. The number of halogens is 2. The van der Waals surface area contributed by atoms with Crippen LogP contribution in [0.2, 0.25) is 0 Å². The highest BCUT2D eigenvalue weighted by Gasteiger charge is 2.20. The van der Waals surface area contributed by atoms with Crippen molar-refractivity contribution in [2.45, 2.75) is 0 Å². The number of nitrogens with one attached hydrogen (secondary N) is 1. The van der Waals surface area contributed by atoms with Crippen LogP contribution in [0.3, 0.4) is 0 Å². The van der Waals surface area contributed by atoms with Gasteiger partial charge in [0.05, 0.1) is 25.1 Å². The molecule has 2 aliphatic heterocycles. The van der Waals surface area contributed by atoms with E-state index in [1.165, 1.54) is 12.1 Å². The molecular formula is C24H28F2N6O. The fraction of sp³-hybridized carbons (Fsp3) is 0.417. The van der Waals surface area contributed by atoms with Gasteiger partial charge in [-0.15, -0.1) is 0 Å². The number of benzene rings is 1. The van der Waals surface area contributed by atoms with Crippen molar-refractivity contribution in [3.63, 3.8) is 0 Å². The molecule has 0 unspecified atom stereocenters. The van der Waals surface area contributed by atoms with Crippen LogP contribution < -0.4 is 4.90 Å². The zero-order valence-corrected chi connectivity index (χ0v) is 18.5. The molecule has 0 atom stereocenters. The summed E-state index contributed by atoms with van der Waals surface area (Å²) < 4.78 is 32.3. The number of imidazole rings is 1. The maximum absolute atomic E-state index is 13.6. The first kappa shape index (κ1) is 21.9. The van der Waals surface area contributed by atoms with Crippen molar-refractivity contribution in [2.24, 2.45) is 0 Å². The number of hydrogen-bond acceptors (Lipinski definition) is 6. The third-order valence-electron chi connectivity index (χ3n) is 6.36. The molecule has 7 nitrogen and oxygen atoms in total. The van der Waals surface area contributed by atoms with E-state index in [0.717, 1.165) is 83.0 Å². The second kappa shape index (κ2) is 9.94. The summed E-state index contributed by atoms with van der Waals surface area (Å²) in [6.45, 7) is 9.80. The lowest BCUT2D eigenvalue weighted by molar-refractivity contribution is 0.0331. The molecular weight excluding hydrogens is 426 g/mol. The van der Waals surface area contributed by atoms with Crippen molar-refractivity contribution < 1.29 is 13.5 Å². The lowest BCUT2D eigenvalue weighted by Gasteiger charge is -2.37. The van der Waals surface area contributed by atoms with Gasteiger partial charge < -0.3 is 14.6 Å². The summed E-state index contributed by atoms with van der Waals surface area (Å²) in [6.07, 6.45) is 3.42. The predicted octanol–water partition coefficient (Wildman–Crippen LogP) is 2.87. The molecule has 4 heterocycles. The number of aromatic amines is 1. The van der Waals surface area contributed by atoms with Gasteiger partial charge in [0.1, 0.15) is 11.6 Å². The van der Waals surface area contributed by atoms with E-state index in [0.29, 0.717) is 17.1 Å². The fourth-order valence-electron chi connectivity index (χ4n) is 4.33. The van der Waals surface area contributed by atoms with E-state index in [4.69, 9.17) is 4.74 Å². The molecule has 33 heavy (non-hydrogen) atoms. The largest absolute Gasteiger partial charge is 0.379 e. The molecule has 0 amide bonds. The van der Waals surface area contributed by atoms with Crippen LogP contribution in [0.5, 0.6) is 0 Å². The highest BCUT2D eigenvalue weighted by Crippen LogP contribution is 2.25. The molecule has 5 rings (SSSR count). The number of anilines is 1. The summed E-state index contributed by atoms with van der Waals surface area (Å²) in [5.74, 6) is -0.147. The number of morpholine rings is 1. The highest BCUT2D eigenvalue weighted by molar-refractivity contribution is 5.66. The van der Waals surface area contributed by atoms with Crippen molar-refractivity contribution in [3.05, 3.63) is 54.4 Å². The maximum Gasteiger partial charge on any atom is 0.159 e. The molecule has 0 radical (unpaired) electrons. The number of hydrogen-bond donors (Lipinski definition) is 1. The molecule has 3 aromatic rings. The van der Waals surface area contributed by atoms with Crippen LogP contribution in [0, 0.1) is 11.6 Å². The fourth-order valence-corrected chi connectivity index (χ4v) is 4.33. The van der Waals surface area contributed by atoms with Gasteiger partial charge in [-0.2, -0.15) is 0 Å². The number of aromatic nitrogens is 3. The molecule has 1 aromatic carbocycles. The number of ether oxygens (including phenoxy) is 1. The minimum Gasteiger partial charge on any atom is -0.379 e. The molecule has 2 fully saturated rings. The Bertz CT molecular complexity index is 1080. The van der Waals surface area contributed by atoms with Gasteiger partial charge in [0, 0.05) is 69.7 Å². The van der Waals surface area contributed by atoms with Crippen LogP contribution in [-0.2, 0) is 4.74 Å². The Morgan fingerprint density at radius 2 is 1.58 bits per heavy atom. The molecule has 0 aliphatic carbocycles. The number of nitrogens with zero attached hydrogens (tertiary/aromatic N) is 5. The Morgan fingerprint density at radius 3 is 2.33 bits per heavy atom. The molecule has 2 aromatic heterocycles. The molecule has 174 valence electrons. The van der Waals surface area contributed by atoms with Crippen molar-refractivity contribution in [1.82, 2.24) is 24.8 Å². The van der Waals surface area contributed by atoms with E-state index >= 15 is 0 Å². The van der Waals surface area contributed by atoms with Gasteiger partial charge in [0.15, 0.2) is 11.6 Å². The summed E-state index contributed by atoms with van der Waals surface area (Å²) in [5, 5.41) is 0. The lowest BCUT2D eigenvalue weighted by Crippen LogP contribution is -2.49. The van der Waals surface area contributed by atoms with E-state index in [2.05, 4.69) is 29.7 Å². The lowest BCUT2D eigenvalue weighted by atomic mass is 10.1. The van der Waals surface area contributed by atoms with Gasteiger partial charge in [-0.25, -0.2) is 18.7 Å². The van der Waals surface area contributed by atoms with Crippen LogP contribution in [-0.4, -0.2) is 90.3 Å². The SMILES string of the molecule is Fc1ccc(-c2cnc(-c3ccnc(N4CCN(CCN5CCOCC5)CC4)c3)[nH]2)cc1F. The third kappa shape index (κ3) is 5.21. The van der Waals surface area contributed by atoms with E-state index in [1.807, 2.05) is 12.1 Å². The van der Waals surface area contributed by atoms with Crippen molar-refractivity contribution in [1.29, 1.82) is 0 Å². The molecule has 2 saturated heterocycles. The predicted molar refractivity (Wildman–Crippen MR) is 123 cm³/mol. The number of rotatable bonds is 6. The average molecular weight is 455 g/mol. The van der Waals surface area contributed by atoms with E-state index in [9.17, 15) is 8.78 Å². The summed E-state index contributed by atoms with van der Waals surface area (Å²) in [7, 11) is 0. The van der Waals surface area contributed by atoms with E-state index < -0.39 is 11.6 Å². The van der Waals surface area contributed by atoms with E-state index in [1.54, 1.807) is 12.4 Å². The Hall–Kier alpha value is -2.88. The number of piperazine rings is 1. The maximum atomic E-state index is 13.6. The van der Waals surface area contributed by atoms with Gasteiger partial charge >= 0.3 is 0 Å². The van der Waals surface area contributed by atoms with Crippen LogP contribution in [0.1, 0.15) is 0 Å². The van der Waals surface area contributed by atoms with Crippen molar-refractivity contribution in [3.8, 4) is 22.6 Å². The zero-order chi connectivity index (χ0) is 22.6. The Morgan fingerprint density at radius 1 is 0.818 bits per heavy atom. The number of H-pyrrole nitrogens is 1. The second-order valence-corrected chi connectivity index (χ2v) is 8.46. The summed E-state index contributed by atoms with van der Waals surface area (Å²) in [6, 6.07) is 7.75. The first-order valence-corrected chi connectivity index (χ1v) is 11.4. The standard InChI is InChI=1S/C24H28F2N6O/c25-20-2-1-18(15-21(20)26)22-17-28-24(29-22)19-3-4-27-23(16-19)32-9-7-30(8-10-32)5-6-31-11-13-33-14-12-31/h1-4,15-17H,5-14H2,(H,28,29).